The minimum Gasteiger partial charge on any atom is -0.491 e. The average molecular weight is 370 g/mol. The van der Waals surface area contributed by atoms with Crippen LogP contribution in [0.15, 0.2) is 24.3 Å². The second-order valence-corrected chi connectivity index (χ2v) is 8.32. The van der Waals surface area contributed by atoms with Gasteiger partial charge in [-0.05, 0) is 65.8 Å². The maximum Gasteiger partial charge on any atom is 0.412 e. The second-order valence-electron chi connectivity index (χ2n) is 7.88. The number of ether oxygens (including phenoxy) is 3. The molecule has 1 saturated heterocycles. The summed E-state index contributed by atoms with van der Waals surface area (Å²) in [6.45, 7) is 11.8. The van der Waals surface area contributed by atoms with E-state index in [0.29, 0.717) is 18.1 Å². The van der Waals surface area contributed by atoms with Crippen LogP contribution in [0.1, 0.15) is 48.0 Å². The molecular weight excluding hydrogens is 342 g/mol. The minimum atomic E-state index is -0.701. The van der Waals surface area contributed by atoms with Gasteiger partial charge in [0.2, 0.25) is 0 Å². The van der Waals surface area contributed by atoms with Gasteiger partial charge in [-0.1, -0.05) is 11.6 Å². The number of rotatable bonds is 4. The van der Waals surface area contributed by atoms with Crippen LogP contribution in [-0.4, -0.2) is 41.1 Å². The fourth-order valence-electron chi connectivity index (χ4n) is 2.91. The molecule has 25 heavy (non-hydrogen) atoms. The molecule has 1 unspecified atom stereocenters. The molecule has 1 amide bonds. The predicted molar refractivity (Wildman–Crippen MR) is 98.1 cm³/mol. The third-order valence-corrected chi connectivity index (χ3v) is 4.17. The normalized spacial score (nSPS) is 21.1. The van der Waals surface area contributed by atoms with Crippen LogP contribution in [0.5, 0.6) is 5.75 Å². The third kappa shape index (κ3) is 5.51. The second kappa shape index (κ2) is 7.42. The average Bonchev–Trinajstić information content (AvgIpc) is 2.74. The fraction of sp³-hybridized carbons (Fsp3) is 0.632. The molecule has 0 aromatic heterocycles. The molecule has 0 radical (unpaired) electrons. The van der Waals surface area contributed by atoms with E-state index < -0.39 is 11.3 Å². The number of hydrogen-bond acceptors (Lipinski definition) is 4. The van der Waals surface area contributed by atoms with Crippen molar-refractivity contribution in [3.63, 3.8) is 0 Å². The molecule has 0 saturated carbocycles. The Hall–Kier alpha value is -1.46. The topological polar surface area (TPSA) is 48.0 Å². The number of carbonyl (C=O) groups excluding carboxylic acids is 1. The Morgan fingerprint density at radius 2 is 1.96 bits per heavy atom. The van der Waals surface area contributed by atoms with Crippen molar-refractivity contribution < 1.29 is 19.0 Å². The molecule has 0 bridgehead atoms. The molecule has 2 atom stereocenters. The summed E-state index contributed by atoms with van der Waals surface area (Å²) in [5.74, 6) is 0.749. The number of nitrogens with zero attached hydrogens (tertiary/aromatic N) is 1. The lowest BCUT2D eigenvalue weighted by Gasteiger charge is -2.35. The van der Waals surface area contributed by atoms with Crippen molar-refractivity contribution in [3.05, 3.63) is 29.3 Å². The highest BCUT2D eigenvalue weighted by atomic mass is 35.5. The molecule has 1 aliphatic rings. The first-order valence-electron chi connectivity index (χ1n) is 8.56. The van der Waals surface area contributed by atoms with Crippen molar-refractivity contribution in [2.45, 2.75) is 71.4 Å². The highest BCUT2D eigenvalue weighted by molar-refractivity contribution is 6.30. The third-order valence-electron chi connectivity index (χ3n) is 3.92. The van der Waals surface area contributed by atoms with Crippen LogP contribution < -0.4 is 4.74 Å². The number of hydrogen-bond donors (Lipinski definition) is 0. The van der Waals surface area contributed by atoms with E-state index in [4.69, 9.17) is 25.8 Å². The Kier molecular flexibility index (Phi) is 5.89. The van der Waals surface area contributed by atoms with Gasteiger partial charge in [-0.3, -0.25) is 4.90 Å². The quantitative estimate of drug-likeness (QED) is 0.759. The summed E-state index contributed by atoms with van der Waals surface area (Å²) in [5.41, 5.74) is -1.25. The van der Waals surface area contributed by atoms with Gasteiger partial charge >= 0.3 is 6.09 Å². The Balaban J connectivity index is 2.03. The van der Waals surface area contributed by atoms with Gasteiger partial charge in [0.05, 0.1) is 18.8 Å². The smallest absolute Gasteiger partial charge is 0.412 e. The Bertz CT molecular complexity index is 594. The monoisotopic (exact) mass is 369 g/mol. The van der Waals surface area contributed by atoms with E-state index in [2.05, 4.69) is 0 Å². The first-order valence-corrected chi connectivity index (χ1v) is 8.94. The number of amides is 1. The number of halogens is 1. The molecule has 0 spiro atoms. The SMILES string of the molecule is CC(C[C@H]1COC(C)(C)N1C(=O)OC(C)(C)C)Oc1ccc(Cl)cc1. The molecule has 5 nitrogen and oxygen atoms in total. The van der Waals surface area contributed by atoms with Gasteiger partial charge in [-0.15, -0.1) is 0 Å². The van der Waals surface area contributed by atoms with Gasteiger partial charge in [0.25, 0.3) is 0 Å². The van der Waals surface area contributed by atoms with E-state index in [1.165, 1.54) is 0 Å². The highest BCUT2D eigenvalue weighted by Crippen LogP contribution is 2.32. The van der Waals surface area contributed by atoms with Gasteiger partial charge < -0.3 is 14.2 Å². The standard InChI is InChI=1S/C19H28ClNO4/c1-13(24-16-9-7-14(20)8-10-16)11-15-12-23-19(5,6)21(15)17(22)25-18(2,3)4/h7-10,13,15H,11-12H2,1-6H3/t13?,15-/m0/s1. The van der Waals surface area contributed by atoms with Crippen molar-refractivity contribution >= 4 is 17.7 Å². The zero-order chi connectivity index (χ0) is 18.8. The van der Waals surface area contributed by atoms with Crippen LogP contribution >= 0.6 is 11.6 Å². The summed E-state index contributed by atoms with van der Waals surface area (Å²) in [5, 5.41) is 0.669. The van der Waals surface area contributed by atoms with E-state index in [1.807, 2.05) is 53.7 Å². The Morgan fingerprint density at radius 3 is 2.52 bits per heavy atom. The molecule has 1 aliphatic heterocycles. The highest BCUT2D eigenvalue weighted by Gasteiger charge is 2.46. The molecule has 1 heterocycles. The van der Waals surface area contributed by atoms with Crippen LogP contribution in [0.4, 0.5) is 4.79 Å². The van der Waals surface area contributed by atoms with Gasteiger partial charge in [0.15, 0.2) is 0 Å². The summed E-state index contributed by atoms with van der Waals surface area (Å²) >= 11 is 5.89. The van der Waals surface area contributed by atoms with E-state index in [9.17, 15) is 4.79 Å². The first kappa shape index (κ1) is 19.9. The van der Waals surface area contributed by atoms with Crippen LogP contribution in [0.3, 0.4) is 0 Å². The minimum absolute atomic E-state index is 0.0892. The summed E-state index contributed by atoms with van der Waals surface area (Å²) in [4.78, 5) is 14.3. The van der Waals surface area contributed by atoms with Crippen LogP contribution in [0.25, 0.3) is 0 Å². The molecule has 1 fully saturated rings. The largest absolute Gasteiger partial charge is 0.491 e. The molecule has 140 valence electrons. The lowest BCUT2D eigenvalue weighted by atomic mass is 10.1. The first-order chi connectivity index (χ1) is 11.5. The van der Waals surface area contributed by atoms with Crippen LogP contribution in [-0.2, 0) is 9.47 Å². The van der Waals surface area contributed by atoms with Crippen LogP contribution in [0.2, 0.25) is 5.02 Å². The molecule has 1 aromatic carbocycles. The summed E-state index contributed by atoms with van der Waals surface area (Å²) in [7, 11) is 0. The Labute approximate surface area is 155 Å². The molecule has 0 aliphatic carbocycles. The maximum atomic E-state index is 12.6. The number of carbonyl (C=O) groups is 1. The summed E-state index contributed by atoms with van der Waals surface area (Å²) in [6.07, 6.45) is 0.193. The lowest BCUT2D eigenvalue weighted by Crippen LogP contribution is -2.50. The lowest BCUT2D eigenvalue weighted by molar-refractivity contribution is -0.0633. The van der Waals surface area contributed by atoms with E-state index >= 15 is 0 Å². The molecule has 2 rings (SSSR count). The molecular formula is C19H28ClNO4. The molecule has 6 heteroatoms. The van der Waals surface area contributed by atoms with Crippen molar-refractivity contribution in [2.75, 3.05) is 6.61 Å². The summed E-state index contributed by atoms with van der Waals surface area (Å²) in [6, 6.07) is 7.14. The molecule has 1 aromatic rings. The van der Waals surface area contributed by atoms with Crippen molar-refractivity contribution in [2.24, 2.45) is 0 Å². The maximum absolute atomic E-state index is 12.6. The van der Waals surface area contributed by atoms with Crippen molar-refractivity contribution in [1.29, 1.82) is 0 Å². The summed E-state index contributed by atoms with van der Waals surface area (Å²) < 4.78 is 17.3. The van der Waals surface area contributed by atoms with Crippen LogP contribution in [0, 0.1) is 0 Å². The van der Waals surface area contributed by atoms with Gasteiger partial charge in [-0.2, -0.15) is 0 Å². The zero-order valence-electron chi connectivity index (χ0n) is 15.8. The number of benzene rings is 1. The van der Waals surface area contributed by atoms with Gasteiger partial charge in [0.1, 0.15) is 17.1 Å². The van der Waals surface area contributed by atoms with Gasteiger partial charge in [0, 0.05) is 11.4 Å². The Morgan fingerprint density at radius 1 is 1.36 bits per heavy atom. The molecule has 0 N–H and O–H groups in total. The van der Waals surface area contributed by atoms with E-state index in [0.717, 1.165) is 5.75 Å². The fourth-order valence-corrected chi connectivity index (χ4v) is 3.04. The zero-order valence-corrected chi connectivity index (χ0v) is 16.6. The predicted octanol–water partition coefficient (Wildman–Crippen LogP) is 4.87. The van der Waals surface area contributed by atoms with Crippen molar-refractivity contribution in [1.82, 2.24) is 4.90 Å². The van der Waals surface area contributed by atoms with Crippen molar-refractivity contribution in [3.8, 4) is 5.75 Å². The van der Waals surface area contributed by atoms with E-state index in [-0.39, 0.29) is 18.2 Å². The van der Waals surface area contributed by atoms with E-state index in [1.54, 1.807) is 17.0 Å². The van der Waals surface area contributed by atoms with Gasteiger partial charge in [-0.25, -0.2) is 4.79 Å².